The number of hydrogen-bond donors (Lipinski definition) is 1. The standard InChI is InChI=1S/C16H14N2O2/c1-17-15(19)14-10-13(11-18-16(14)20-2)9-8-12-6-4-3-5-7-12/h3-7,10-11H,1-2H3,(H,17,19). The zero-order valence-corrected chi connectivity index (χ0v) is 11.3. The van der Waals surface area contributed by atoms with E-state index in [1.807, 2.05) is 30.3 Å². The molecule has 1 amide bonds. The van der Waals surface area contributed by atoms with E-state index in [9.17, 15) is 4.79 Å². The summed E-state index contributed by atoms with van der Waals surface area (Å²) >= 11 is 0. The predicted octanol–water partition coefficient (Wildman–Crippen LogP) is 1.85. The molecular weight excluding hydrogens is 252 g/mol. The van der Waals surface area contributed by atoms with Crippen molar-refractivity contribution in [2.45, 2.75) is 0 Å². The molecule has 0 atom stereocenters. The molecule has 0 spiro atoms. The number of rotatable bonds is 2. The molecule has 0 saturated carbocycles. The lowest BCUT2D eigenvalue weighted by atomic mass is 10.1. The Morgan fingerprint density at radius 2 is 1.90 bits per heavy atom. The molecule has 0 saturated heterocycles. The summed E-state index contributed by atoms with van der Waals surface area (Å²) in [5.41, 5.74) is 1.94. The Balaban J connectivity index is 2.35. The summed E-state index contributed by atoms with van der Waals surface area (Å²) in [6.07, 6.45) is 1.58. The van der Waals surface area contributed by atoms with E-state index in [2.05, 4.69) is 22.1 Å². The van der Waals surface area contributed by atoms with Gasteiger partial charge < -0.3 is 10.1 Å². The van der Waals surface area contributed by atoms with Crippen molar-refractivity contribution in [3.8, 4) is 17.7 Å². The fourth-order valence-electron chi connectivity index (χ4n) is 1.65. The van der Waals surface area contributed by atoms with Gasteiger partial charge >= 0.3 is 0 Å². The fourth-order valence-corrected chi connectivity index (χ4v) is 1.65. The molecule has 4 nitrogen and oxygen atoms in total. The maximum absolute atomic E-state index is 11.7. The Morgan fingerprint density at radius 3 is 2.55 bits per heavy atom. The third kappa shape index (κ3) is 3.15. The van der Waals surface area contributed by atoms with E-state index in [-0.39, 0.29) is 11.8 Å². The highest BCUT2D eigenvalue weighted by molar-refractivity contribution is 5.96. The van der Waals surface area contributed by atoms with Gasteiger partial charge in [0.2, 0.25) is 5.88 Å². The molecule has 100 valence electrons. The molecule has 20 heavy (non-hydrogen) atoms. The summed E-state index contributed by atoms with van der Waals surface area (Å²) in [5.74, 6) is 6.04. The maximum atomic E-state index is 11.7. The molecule has 0 aliphatic rings. The first kappa shape index (κ1) is 13.6. The fraction of sp³-hybridized carbons (Fsp3) is 0.125. The first-order valence-corrected chi connectivity index (χ1v) is 6.08. The van der Waals surface area contributed by atoms with Crippen LogP contribution in [0.2, 0.25) is 0 Å². The number of benzene rings is 1. The summed E-state index contributed by atoms with van der Waals surface area (Å²) in [4.78, 5) is 15.8. The van der Waals surface area contributed by atoms with Crippen LogP contribution >= 0.6 is 0 Å². The van der Waals surface area contributed by atoms with Crippen LogP contribution in [0.15, 0.2) is 42.6 Å². The molecule has 0 aliphatic carbocycles. The quantitative estimate of drug-likeness (QED) is 0.844. The van der Waals surface area contributed by atoms with Crippen molar-refractivity contribution >= 4 is 5.91 Å². The summed E-state index contributed by atoms with van der Waals surface area (Å²) in [7, 11) is 3.04. The average Bonchev–Trinajstić information content (AvgIpc) is 2.52. The number of aromatic nitrogens is 1. The van der Waals surface area contributed by atoms with Crippen LogP contribution < -0.4 is 10.1 Å². The largest absolute Gasteiger partial charge is 0.480 e. The summed E-state index contributed by atoms with van der Waals surface area (Å²) in [5, 5.41) is 2.55. The molecule has 0 fully saturated rings. The normalized spacial score (nSPS) is 9.30. The maximum Gasteiger partial charge on any atom is 0.256 e. The zero-order valence-electron chi connectivity index (χ0n) is 11.3. The number of pyridine rings is 1. The number of nitrogens with one attached hydrogen (secondary N) is 1. The van der Waals surface area contributed by atoms with Gasteiger partial charge in [0.15, 0.2) is 0 Å². The molecule has 1 heterocycles. The van der Waals surface area contributed by atoms with Crippen LogP contribution in [0.1, 0.15) is 21.5 Å². The topological polar surface area (TPSA) is 51.2 Å². The Morgan fingerprint density at radius 1 is 1.20 bits per heavy atom. The van der Waals surface area contributed by atoms with Gasteiger partial charge in [-0.25, -0.2) is 4.98 Å². The molecule has 4 heteroatoms. The smallest absolute Gasteiger partial charge is 0.256 e. The number of hydrogen-bond acceptors (Lipinski definition) is 3. The highest BCUT2D eigenvalue weighted by atomic mass is 16.5. The van der Waals surface area contributed by atoms with E-state index >= 15 is 0 Å². The molecule has 0 radical (unpaired) electrons. The van der Waals surface area contributed by atoms with Crippen molar-refractivity contribution in [1.82, 2.24) is 10.3 Å². The van der Waals surface area contributed by atoms with Gasteiger partial charge in [-0.3, -0.25) is 4.79 Å². The predicted molar refractivity (Wildman–Crippen MR) is 76.6 cm³/mol. The van der Waals surface area contributed by atoms with Crippen LogP contribution in [-0.4, -0.2) is 25.0 Å². The SMILES string of the molecule is CNC(=O)c1cc(C#Cc2ccccc2)cnc1OC. The second-order valence-corrected chi connectivity index (χ2v) is 3.98. The van der Waals surface area contributed by atoms with Crippen molar-refractivity contribution in [2.75, 3.05) is 14.2 Å². The number of amides is 1. The van der Waals surface area contributed by atoms with Crippen molar-refractivity contribution < 1.29 is 9.53 Å². The average molecular weight is 266 g/mol. The van der Waals surface area contributed by atoms with Gasteiger partial charge in [-0.05, 0) is 18.2 Å². The van der Waals surface area contributed by atoms with Gasteiger partial charge in [0.1, 0.15) is 5.56 Å². The highest BCUT2D eigenvalue weighted by Crippen LogP contribution is 2.15. The van der Waals surface area contributed by atoms with Crippen LogP contribution in [0.3, 0.4) is 0 Å². The minimum absolute atomic E-state index is 0.252. The van der Waals surface area contributed by atoms with E-state index in [1.165, 1.54) is 7.11 Å². The number of nitrogens with zero attached hydrogens (tertiary/aromatic N) is 1. The Bertz CT molecular complexity index is 670. The monoisotopic (exact) mass is 266 g/mol. The van der Waals surface area contributed by atoms with Gasteiger partial charge in [-0.2, -0.15) is 0 Å². The summed E-state index contributed by atoms with van der Waals surface area (Å²) in [6, 6.07) is 11.3. The lowest BCUT2D eigenvalue weighted by Crippen LogP contribution is -2.19. The van der Waals surface area contributed by atoms with E-state index in [1.54, 1.807) is 19.3 Å². The van der Waals surface area contributed by atoms with Crippen molar-refractivity contribution in [2.24, 2.45) is 0 Å². The van der Waals surface area contributed by atoms with Crippen molar-refractivity contribution in [1.29, 1.82) is 0 Å². The van der Waals surface area contributed by atoms with Crippen LogP contribution in [0.4, 0.5) is 0 Å². The third-order valence-electron chi connectivity index (χ3n) is 2.64. The van der Waals surface area contributed by atoms with Gasteiger partial charge in [0.05, 0.1) is 7.11 Å². The number of carbonyl (C=O) groups excluding carboxylic acids is 1. The van der Waals surface area contributed by atoms with Crippen LogP contribution in [0.5, 0.6) is 5.88 Å². The summed E-state index contributed by atoms with van der Waals surface area (Å²) < 4.78 is 5.07. The Labute approximate surface area is 117 Å². The van der Waals surface area contributed by atoms with Crippen LogP contribution in [0.25, 0.3) is 0 Å². The Kier molecular flexibility index (Phi) is 4.35. The van der Waals surface area contributed by atoms with E-state index in [0.29, 0.717) is 11.1 Å². The molecule has 2 rings (SSSR count). The first-order valence-electron chi connectivity index (χ1n) is 6.08. The summed E-state index contributed by atoms with van der Waals surface area (Å²) in [6.45, 7) is 0. The molecule has 1 aromatic carbocycles. The lowest BCUT2D eigenvalue weighted by molar-refractivity contribution is 0.0959. The van der Waals surface area contributed by atoms with Gasteiger partial charge in [0, 0.05) is 24.4 Å². The number of carbonyl (C=O) groups is 1. The number of methoxy groups -OCH3 is 1. The minimum Gasteiger partial charge on any atom is -0.480 e. The van der Waals surface area contributed by atoms with E-state index < -0.39 is 0 Å². The second kappa shape index (κ2) is 6.39. The molecule has 0 bridgehead atoms. The first-order chi connectivity index (χ1) is 9.74. The molecule has 1 aromatic heterocycles. The zero-order chi connectivity index (χ0) is 14.4. The lowest BCUT2D eigenvalue weighted by Gasteiger charge is -2.05. The van der Waals surface area contributed by atoms with Crippen LogP contribution in [-0.2, 0) is 0 Å². The van der Waals surface area contributed by atoms with Gasteiger partial charge in [-0.1, -0.05) is 30.0 Å². The molecule has 0 unspecified atom stereocenters. The third-order valence-corrected chi connectivity index (χ3v) is 2.64. The van der Waals surface area contributed by atoms with E-state index in [4.69, 9.17) is 4.74 Å². The van der Waals surface area contributed by atoms with Gasteiger partial charge in [0.25, 0.3) is 5.91 Å². The highest BCUT2D eigenvalue weighted by Gasteiger charge is 2.12. The Hall–Kier alpha value is -2.80. The molecule has 2 aromatic rings. The van der Waals surface area contributed by atoms with Gasteiger partial charge in [-0.15, -0.1) is 0 Å². The van der Waals surface area contributed by atoms with Crippen LogP contribution in [0, 0.1) is 11.8 Å². The molecule has 1 N–H and O–H groups in total. The van der Waals surface area contributed by atoms with E-state index in [0.717, 1.165) is 5.56 Å². The molecular formula is C16H14N2O2. The van der Waals surface area contributed by atoms with Crippen molar-refractivity contribution in [3.63, 3.8) is 0 Å². The minimum atomic E-state index is -0.252. The second-order valence-electron chi connectivity index (χ2n) is 3.98. The number of ether oxygens (including phenoxy) is 1. The molecule has 0 aliphatic heterocycles. The van der Waals surface area contributed by atoms with Crippen molar-refractivity contribution in [3.05, 3.63) is 59.3 Å².